The molecule has 0 bridgehead atoms. The molecule has 1 aliphatic carbocycles. The second-order valence-electron chi connectivity index (χ2n) is 7.72. The number of fused-ring (bicyclic) bond motifs is 1. The maximum absolute atomic E-state index is 13.0. The molecule has 1 aliphatic heterocycles. The van der Waals surface area contributed by atoms with Crippen LogP contribution in [-0.4, -0.2) is 79.6 Å². The van der Waals surface area contributed by atoms with Crippen molar-refractivity contribution in [2.45, 2.75) is 6.92 Å². The van der Waals surface area contributed by atoms with E-state index in [9.17, 15) is 10.0 Å². The molecule has 7 nitrogen and oxygen atoms in total. The van der Waals surface area contributed by atoms with Crippen LogP contribution in [0.15, 0.2) is 54.1 Å². The summed E-state index contributed by atoms with van der Waals surface area (Å²) < 4.78 is 17.7. The first kappa shape index (κ1) is 22.0. The minimum absolute atomic E-state index is 0.249. The lowest BCUT2D eigenvalue weighted by molar-refractivity contribution is -0.753. The molecule has 0 spiro atoms. The minimum Gasteiger partial charge on any atom is -0.492 e. The van der Waals surface area contributed by atoms with Crippen LogP contribution in [0.4, 0.5) is 0 Å². The van der Waals surface area contributed by atoms with Gasteiger partial charge in [-0.1, -0.05) is 30.3 Å². The van der Waals surface area contributed by atoms with Crippen LogP contribution in [0.25, 0.3) is 5.57 Å². The van der Waals surface area contributed by atoms with E-state index in [1.54, 1.807) is 6.92 Å². The quantitative estimate of drug-likeness (QED) is 0.311. The highest BCUT2D eigenvalue weighted by atomic mass is 16.5. The van der Waals surface area contributed by atoms with Crippen LogP contribution in [0, 0.1) is 0 Å². The summed E-state index contributed by atoms with van der Waals surface area (Å²) in [6.07, 6.45) is 0. The molecule has 32 heavy (non-hydrogen) atoms. The highest BCUT2D eigenvalue weighted by molar-refractivity contribution is 6.35. The van der Waals surface area contributed by atoms with Gasteiger partial charge in [0.25, 0.3) is 5.71 Å². The average molecular weight is 438 g/mol. The third-order valence-corrected chi connectivity index (χ3v) is 5.65. The van der Waals surface area contributed by atoms with E-state index in [1.165, 1.54) is 7.05 Å². The van der Waals surface area contributed by atoms with Crippen molar-refractivity contribution in [1.29, 1.82) is 0 Å². The second kappa shape index (κ2) is 9.97. The zero-order valence-electron chi connectivity index (χ0n) is 18.5. The van der Waals surface area contributed by atoms with Crippen molar-refractivity contribution >= 4 is 17.3 Å². The molecule has 2 aliphatic rings. The number of hydrogen-bond donors (Lipinski definition) is 1. The molecule has 1 heterocycles. The Morgan fingerprint density at radius 1 is 1.12 bits per heavy atom. The molecule has 2 aromatic carbocycles. The molecule has 1 N–H and O–H groups in total. The highest BCUT2D eigenvalue weighted by Crippen LogP contribution is 2.39. The smallest absolute Gasteiger partial charge is 0.345 e. The summed E-state index contributed by atoms with van der Waals surface area (Å²) in [6, 6.07) is 15.4. The number of esters is 1. The lowest BCUT2D eigenvalue weighted by Crippen LogP contribution is -2.38. The Kier molecular flexibility index (Phi) is 6.87. The van der Waals surface area contributed by atoms with Crippen molar-refractivity contribution in [1.82, 2.24) is 4.90 Å². The number of hydroxylamine groups is 1. The molecule has 4 rings (SSSR count). The van der Waals surface area contributed by atoms with E-state index in [0.717, 1.165) is 59.9 Å². The summed E-state index contributed by atoms with van der Waals surface area (Å²) in [4.78, 5) is 15.3. The maximum Gasteiger partial charge on any atom is 0.345 e. The van der Waals surface area contributed by atoms with Crippen molar-refractivity contribution < 1.29 is 29.0 Å². The second-order valence-corrected chi connectivity index (χ2v) is 7.72. The van der Waals surface area contributed by atoms with Gasteiger partial charge in [-0.25, -0.2) is 4.79 Å². The standard InChI is InChI=1S/C25H29N2O5/c1-3-31-25(28)23-22(18-7-5-4-6-8-18)20-10-9-19(17-21(20)24(23)26(2)29)32-16-13-27-11-14-30-15-12-27/h4-10,17,29H,3,11-16H2,1-2H3/q+1/b26-24+. The van der Waals surface area contributed by atoms with Gasteiger partial charge in [0.2, 0.25) is 0 Å². The SMILES string of the molecule is CCOC(=O)C1=C(c2ccccc2)c2ccc(OCCN3CCOCC3)cc2/C1=[N+](/C)O. The molecule has 168 valence electrons. The van der Waals surface area contributed by atoms with Gasteiger partial charge in [-0.15, -0.1) is 0 Å². The maximum atomic E-state index is 13.0. The molecule has 7 heteroatoms. The number of hydrogen-bond acceptors (Lipinski definition) is 6. The van der Waals surface area contributed by atoms with E-state index < -0.39 is 5.97 Å². The Morgan fingerprint density at radius 2 is 1.88 bits per heavy atom. The fraction of sp³-hybridized carbons (Fsp3) is 0.360. The van der Waals surface area contributed by atoms with E-state index >= 15 is 0 Å². The van der Waals surface area contributed by atoms with E-state index in [4.69, 9.17) is 14.2 Å². The molecule has 0 atom stereocenters. The van der Waals surface area contributed by atoms with Gasteiger partial charge in [0, 0.05) is 25.2 Å². The largest absolute Gasteiger partial charge is 0.492 e. The first-order valence-electron chi connectivity index (χ1n) is 10.9. The van der Waals surface area contributed by atoms with Crippen LogP contribution >= 0.6 is 0 Å². The van der Waals surface area contributed by atoms with E-state index in [-0.39, 0.29) is 6.61 Å². The van der Waals surface area contributed by atoms with Gasteiger partial charge in [0.1, 0.15) is 17.9 Å². The summed E-state index contributed by atoms with van der Waals surface area (Å²) in [7, 11) is 1.51. The number of ether oxygens (including phenoxy) is 3. The molecule has 0 aromatic heterocycles. The number of morpholine rings is 1. The topological polar surface area (TPSA) is 71.2 Å². The summed E-state index contributed by atoms with van der Waals surface area (Å²) in [5.74, 6) is 0.224. The van der Waals surface area contributed by atoms with Crippen LogP contribution in [0.3, 0.4) is 0 Å². The van der Waals surface area contributed by atoms with Gasteiger partial charge >= 0.3 is 5.97 Å². The number of carbonyl (C=O) groups is 1. The molecule has 1 fully saturated rings. The van der Waals surface area contributed by atoms with Gasteiger partial charge in [0.05, 0.1) is 25.4 Å². The molecule has 0 amide bonds. The lowest BCUT2D eigenvalue weighted by atomic mass is 9.97. The van der Waals surface area contributed by atoms with E-state index in [0.29, 0.717) is 23.6 Å². The first-order valence-corrected chi connectivity index (χ1v) is 10.9. The van der Waals surface area contributed by atoms with Gasteiger partial charge in [-0.2, -0.15) is 0 Å². The Morgan fingerprint density at radius 3 is 2.56 bits per heavy atom. The predicted molar refractivity (Wildman–Crippen MR) is 120 cm³/mol. The van der Waals surface area contributed by atoms with Gasteiger partial charge in [0.15, 0.2) is 7.05 Å². The third kappa shape index (κ3) is 4.54. The lowest BCUT2D eigenvalue weighted by Gasteiger charge is -2.26. The Hall–Kier alpha value is -3.16. The molecule has 0 radical (unpaired) electrons. The van der Waals surface area contributed by atoms with Crippen molar-refractivity contribution in [3.05, 3.63) is 70.8 Å². The van der Waals surface area contributed by atoms with Gasteiger partial charge in [-0.05, 0) is 41.0 Å². The molecule has 2 aromatic rings. The van der Waals surface area contributed by atoms with Crippen LogP contribution in [0.5, 0.6) is 5.75 Å². The average Bonchev–Trinajstić information content (AvgIpc) is 3.15. The zero-order valence-corrected chi connectivity index (χ0v) is 18.5. The monoisotopic (exact) mass is 437 g/mol. The zero-order chi connectivity index (χ0) is 22.5. The van der Waals surface area contributed by atoms with Crippen molar-refractivity contribution in [3.63, 3.8) is 0 Å². The Bertz CT molecular complexity index is 1040. The van der Waals surface area contributed by atoms with Crippen molar-refractivity contribution in [2.75, 3.05) is 53.1 Å². The summed E-state index contributed by atoms with van der Waals surface area (Å²) in [5, 5.41) is 10.5. The number of nitrogens with zero attached hydrogens (tertiary/aromatic N) is 2. The van der Waals surface area contributed by atoms with Gasteiger partial charge in [-0.3, -0.25) is 10.1 Å². The van der Waals surface area contributed by atoms with E-state index in [2.05, 4.69) is 4.90 Å². The normalized spacial score (nSPS) is 17.8. The van der Waals surface area contributed by atoms with Crippen LogP contribution < -0.4 is 4.74 Å². The Balaban J connectivity index is 1.67. The minimum atomic E-state index is -0.465. The van der Waals surface area contributed by atoms with Crippen LogP contribution in [-0.2, 0) is 14.3 Å². The molecule has 1 saturated heterocycles. The fourth-order valence-electron chi connectivity index (χ4n) is 4.17. The summed E-state index contributed by atoms with van der Waals surface area (Å²) in [6.45, 7) is 6.72. The van der Waals surface area contributed by atoms with Gasteiger partial charge < -0.3 is 14.2 Å². The molecular weight excluding hydrogens is 408 g/mol. The predicted octanol–water partition coefficient (Wildman–Crippen LogP) is 2.60. The molecule has 0 unspecified atom stereocenters. The van der Waals surface area contributed by atoms with Crippen molar-refractivity contribution in [3.8, 4) is 5.75 Å². The van der Waals surface area contributed by atoms with E-state index in [1.807, 2.05) is 48.5 Å². The number of benzene rings is 2. The molecule has 0 saturated carbocycles. The number of rotatable bonds is 7. The van der Waals surface area contributed by atoms with Crippen molar-refractivity contribution in [2.24, 2.45) is 0 Å². The summed E-state index contributed by atoms with van der Waals surface area (Å²) >= 11 is 0. The fourth-order valence-corrected chi connectivity index (χ4v) is 4.17. The number of carbonyl (C=O) groups excluding carboxylic acids is 1. The highest BCUT2D eigenvalue weighted by Gasteiger charge is 2.40. The first-order chi connectivity index (χ1) is 15.6. The Labute approximate surface area is 188 Å². The summed E-state index contributed by atoms with van der Waals surface area (Å²) in [5.41, 5.74) is 3.99. The third-order valence-electron chi connectivity index (χ3n) is 5.65. The van der Waals surface area contributed by atoms with Crippen LogP contribution in [0.1, 0.15) is 23.6 Å². The molecular formula is C25H29N2O5+. The van der Waals surface area contributed by atoms with Crippen LogP contribution in [0.2, 0.25) is 0 Å².